The average Bonchev–Trinajstić information content (AvgIpc) is 1.99. The van der Waals surface area contributed by atoms with Gasteiger partial charge in [-0.1, -0.05) is 20.8 Å². The Kier molecular flexibility index (Phi) is 4.86. The number of hydrogen-bond acceptors (Lipinski definition) is 2. The maximum Gasteiger partial charge on any atom is 0.320 e. The maximum atomic E-state index is 10.6. The first-order valence-electron chi connectivity index (χ1n) is 4.14. The summed E-state index contributed by atoms with van der Waals surface area (Å²) in [4.78, 5) is 12.6. The minimum absolute atomic E-state index is 0.301. The van der Waals surface area contributed by atoms with Crippen LogP contribution in [-0.4, -0.2) is 35.1 Å². The molecule has 0 radical (unpaired) electrons. The molecule has 0 saturated heterocycles. The highest BCUT2D eigenvalue weighted by Gasteiger charge is 2.20. The zero-order valence-electron chi connectivity index (χ0n) is 7.50. The quantitative estimate of drug-likeness (QED) is 0.655. The normalized spacial score (nSPS) is 13.5. The van der Waals surface area contributed by atoms with Crippen LogP contribution in [0.1, 0.15) is 27.2 Å². The minimum atomic E-state index is -0.712. The van der Waals surface area contributed by atoms with Gasteiger partial charge >= 0.3 is 5.97 Å². The van der Waals surface area contributed by atoms with Gasteiger partial charge in [0.1, 0.15) is 6.04 Å². The second-order valence-electron chi connectivity index (χ2n) is 2.48. The van der Waals surface area contributed by atoms with Gasteiger partial charge in [-0.2, -0.15) is 0 Å². The van der Waals surface area contributed by atoms with Crippen LogP contribution in [0.5, 0.6) is 0 Å². The fourth-order valence-electron chi connectivity index (χ4n) is 1.25. The van der Waals surface area contributed by atoms with Gasteiger partial charge in [0, 0.05) is 0 Å². The van der Waals surface area contributed by atoms with E-state index in [9.17, 15) is 4.79 Å². The van der Waals surface area contributed by atoms with Crippen LogP contribution in [0.15, 0.2) is 0 Å². The SMILES string of the molecule is CC[C@@H](C(=O)O)N(CC)CC. The molecule has 0 rings (SSSR count). The highest BCUT2D eigenvalue weighted by Crippen LogP contribution is 2.02. The molecule has 0 spiro atoms. The highest BCUT2D eigenvalue weighted by molar-refractivity contribution is 5.73. The first kappa shape index (κ1) is 10.4. The van der Waals surface area contributed by atoms with E-state index in [1.807, 2.05) is 25.7 Å². The van der Waals surface area contributed by atoms with Crippen molar-refractivity contribution in [2.45, 2.75) is 33.2 Å². The second-order valence-corrected chi connectivity index (χ2v) is 2.48. The number of nitrogens with zero attached hydrogens (tertiary/aromatic N) is 1. The summed E-state index contributed by atoms with van der Waals surface area (Å²) in [6, 6.07) is -0.301. The molecule has 0 unspecified atom stereocenters. The number of carbonyl (C=O) groups is 1. The molecule has 1 atom stereocenters. The standard InChI is InChI=1S/C8H17NO2/c1-4-7(8(10)11)9(5-2)6-3/h7H,4-6H2,1-3H3,(H,10,11)/t7-/m0/s1. The van der Waals surface area contributed by atoms with Crippen LogP contribution >= 0.6 is 0 Å². The van der Waals surface area contributed by atoms with Crippen LogP contribution in [0.3, 0.4) is 0 Å². The third kappa shape index (κ3) is 2.89. The zero-order chi connectivity index (χ0) is 8.85. The van der Waals surface area contributed by atoms with Gasteiger partial charge in [-0.25, -0.2) is 0 Å². The van der Waals surface area contributed by atoms with Crippen LogP contribution in [0.25, 0.3) is 0 Å². The van der Waals surface area contributed by atoms with Gasteiger partial charge < -0.3 is 5.11 Å². The predicted molar refractivity (Wildman–Crippen MR) is 44.6 cm³/mol. The van der Waals surface area contributed by atoms with Gasteiger partial charge in [-0.3, -0.25) is 9.69 Å². The first-order valence-corrected chi connectivity index (χ1v) is 4.14. The Labute approximate surface area is 68.0 Å². The lowest BCUT2D eigenvalue weighted by molar-refractivity contribution is -0.143. The summed E-state index contributed by atoms with van der Waals surface area (Å²) in [6.45, 7) is 7.48. The largest absolute Gasteiger partial charge is 0.480 e. The summed E-state index contributed by atoms with van der Waals surface area (Å²) >= 11 is 0. The molecule has 0 aromatic rings. The van der Waals surface area contributed by atoms with Crippen LogP contribution in [-0.2, 0) is 4.79 Å². The van der Waals surface area contributed by atoms with Crippen molar-refractivity contribution < 1.29 is 9.90 Å². The van der Waals surface area contributed by atoms with E-state index in [2.05, 4.69) is 0 Å². The number of carboxylic acids is 1. The van der Waals surface area contributed by atoms with E-state index in [0.717, 1.165) is 13.1 Å². The molecule has 3 nitrogen and oxygen atoms in total. The molecule has 66 valence electrons. The Morgan fingerprint density at radius 2 is 1.82 bits per heavy atom. The molecule has 0 aliphatic carbocycles. The summed E-state index contributed by atoms with van der Waals surface area (Å²) in [5, 5.41) is 8.76. The Morgan fingerprint density at radius 1 is 1.36 bits per heavy atom. The maximum absolute atomic E-state index is 10.6. The Bertz CT molecular complexity index is 121. The average molecular weight is 159 g/mol. The molecule has 0 aromatic heterocycles. The number of hydrogen-bond donors (Lipinski definition) is 1. The third-order valence-electron chi connectivity index (χ3n) is 1.92. The van der Waals surface area contributed by atoms with E-state index >= 15 is 0 Å². The highest BCUT2D eigenvalue weighted by atomic mass is 16.4. The topological polar surface area (TPSA) is 40.5 Å². The minimum Gasteiger partial charge on any atom is -0.480 e. The van der Waals surface area contributed by atoms with Crippen molar-refractivity contribution in [3.63, 3.8) is 0 Å². The Hall–Kier alpha value is -0.570. The third-order valence-corrected chi connectivity index (χ3v) is 1.92. The van der Waals surface area contributed by atoms with Crippen LogP contribution < -0.4 is 0 Å². The summed E-state index contributed by atoms with van der Waals surface area (Å²) < 4.78 is 0. The van der Waals surface area contributed by atoms with Crippen molar-refractivity contribution in [3.05, 3.63) is 0 Å². The van der Waals surface area contributed by atoms with Gasteiger partial charge in [0.25, 0.3) is 0 Å². The lowest BCUT2D eigenvalue weighted by Crippen LogP contribution is -2.40. The van der Waals surface area contributed by atoms with Crippen LogP contribution in [0, 0.1) is 0 Å². The Balaban J connectivity index is 4.09. The molecular weight excluding hydrogens is 142 g/mol. The van der Waals surface area contributed by atoms with E-state index in [-0.39, 0.29) is 6.04 Å². The summed E-state index contributed by atoms with van der Waals surface area (Å²) in [6.07, 6.45) is 0.678. The van der Waals surface area contributed by atoms with Crippen molar-refractivity contribution in [2.75, 3.05) is 13.1 Å². The van der Waals surface area contributed by atoms with Crippen LogP contribution in [0.2, 0.25) is 0 Å². The first-order chi connectivity index (χ1) is 5.17. The molecule has 3 heteroatoms. The van der Waals surface area contributed by atoms with Crippen molar-refractivity contribution in [1.29, 1.82) is 0 Å². The molecule has 0 bridgehead atoms. The number of rotatable bonds is 5. The van der Waals surface area contributed by atoms with Gasteiger partial charge in [0.15, 0.2) is 0 Å². The predicted octanol–water partition coefficient (Wildman–Crippen LogP) is 1.19. The molecule has 0 aliphatic heterocycles. The van der Waals surface area contributed by atoms with Crippen molar-refractivity contribution in [2.24, 2.45) is 0 Å². The molecule has 0 amide bonds. The van der Waals surface area contributed by atoms with E-state index in [4.69, 9.17) is 5.11 Å². The molecule has 0 aromatic carbocycles. The molecule has 0 saturated carbocycles. The van der Waals surface area contributed by atoms with E-state index in [1.54, 1.807) is 0 Å². The zero-order valence-corrected chi connectivity index (χ0v) is 7.50. The molecular formula is C8H17NO2. The molecule has 1 N–H and O–H groups in total. The van der Waals surface area contributed by atoms with Gasteiger partial charge in [0.05, 0.1) is 0 Å². The van der Waals surface area contributed by atoms with Gasteiger partial charge in [-0.05, 0) is 19.5 Å². The van der Waals surface area contributed by atoms with E-state index in [1.165, 1.54) is 0 Å². The van der Waals surface area contributed by atoms with E-state index < -0.39 is 5.97 Å². The number of carboxylic acid groups (broad SMARTS) is 1. The van der Waals surface area contributed by atoms with E-state index in [0.29, 0.717) is 6.42 Å². The summed E-state index contributed by atoms with van der Waals surface area (Å²) in [5.74, 6) is -0.712. The lowest BCUT2D eigenvalue weighted by Gasteiger charge is -2.24. The molecule has 0 aliphatic rings. The molecule has 11 heavy (non-hydrogen) atoms. The lowest BCUT2D eigenvalue weighted by atomic mass is 10.2. The smallest absolute Gasteiger partial charge is 0.320 e. The fourth-order valence-corrected chi connectivity index (χ4v) is 1.25. The number of aliphatic carboxylic acids is 1. The number of likely N-dealkylation sites (N-methyl/N-ethyl adjacent to an activating group) is 1. The molecule has 0 heterocycles. The van der Waals surface area contributed by atoms with Crippen molar-refractivity contribution >= 4 is 5.97 Å². The van der Waals surface area contributed by atoms with Crippen molar-refractivity contribution in [1.82, 2.24) is 4.90 Å². The summed E-state index contributed by atoms with van der Waals surface area (Å²) in [5.41, 5.74) is 0. The monoisotopic (exact) mass is 159 g/mol. The van der Waals surface area contributed by atoms with Crippen LogP contribution in [0.4, 0.5) is 0 Å². The van der Waals surface area contributed by atoms with Gasteiger partial charge in [0.2, 0.25) is 0 Å². The second kappa shape index (κ2) is 5.13. The van der Waals surface area contributed by atoms with Crippen molar-refractivity contribution in [3.8, 4) is 0 Å². The van der Waals surface area contributed by atoms with Gasteiger partial charge in [-0.15, -0.1) is 0 Å². The fraction of sp³-hybridized carbons (Fsp3) is 0.875. The Morgan fingerprint density at radius 3 is 1.91 bits per heavy atom. The summed E-state index contributed by atoms with van der Waals surface area (Å²) in [7, 11) is 0. The molecule has 0 fully saturated rings.